The summed E-state index contributed by atoms with van der Waals surface area (Å²) in [4.78, 5) is 0. The van der Waals surface area contributed by atoms with Crippen LogP contribution in [0.15, 0.2) is 35.9 Å². The van der Waals surface area contributed by atoms with Crippen molar-refractivity contribution in [2.45, 2.75) is 45.1 Å². The first-order valence-corrected chi connectivity index (χ1v) is 6.86. The third-order valence-corrected chi connectivity index (χ3v) is 4.00. The summed E-state index contributed by atoms with van der Waals surface area (Å²) < 4.78 is 6.28. The summed E-state index contributed by atoms with van der Waals surface area (Å²) in [6.07, 6.45) is 11.8. The van der Waals surface area contributed by atoms with E-state index in [9.17, 15) is 0 Å². The van der Waals surface area contributed by atoms with Crippen molar-refractivity contribution in [2.24, 2.45) is 0 Å². The molecule has 2 aliphatic rings. The van der Waals surface area contributed by atoms with Crippen molar-refractivity contribution < 1.29 is 4.74 Å². The second-order valence-electron chi connectivity index (χ2n) is 5.56. The van der Waals surface area contributed by atoms with Gasteiger partial charge in [-0.25, -0.2) is 0 Å². The van der Waals surface area contributed by atoms with Crippen LogP contribution in [-0.4, -0.2) is 5.60 Å². The molecule has 1 aromatic rings. The third-order valence-electron chi connectivity index (χ3n) is 4.00. The highest BCUT2D eigenvalue weighted by atomic mass is 16.5. The maximum Gasteiger partial charge on any atom is 0.146 e. The summed E-state index contributed by atoms with van der Waals surface area (Å²) in [5.74, 6) is 1.02. The fourth-order valence-electron chi connectivity index (χ4n) is 2.84. The molecule has 1 aliphatic heterocycles. The lowest BCUT2D eigenvalue weighted by Gasteiger charge is -2.35. The topological polar surface area (TPSA) is 9.23 Å². The van der Waals surface area contributed by atoms with Crippen molar-refractivity contribution in [1.29, 1.82) is 0 Å². The lowest BCUT2D eigenvalue weighted by Crippen LogP contribution is -2.35. The number of hydrogen-bond donors (Lipinski definition) is 0. The first kappa shape index (κ1) is 11.6. The molecule has 1 atom stereocenters. The molecule has 1 heterocycles. The third kappa shape index (κ3) is 1.98. The predicted molar refractivity (Wildman–Crippen MR) is 75.8 cm³/mol. The van der Waals surface area contributed by atoms with Crippen molar-refractivity contribution in [3.63, 3.8) is 0 Å². The first-order valence-electron chi connectivity index (χ1n) is 6.86. The molecule has 0 unspecified atom stereocenters. The molecule has 0 saturated heterocycles. The standard InChI is InChI=1S/C17H20O/c1-13-8-9-14-10-11-17(2,18-16(14)12-13)15-6-4-3-5-7-15/h6,8-12H,3-5,7H2,1-2H3/t17-/m1/s1. The maximum atomic E-state index is 6.28. The SMILES string of the molecule is Cc1ccc2c(c1)O[C@@](C)(C1=CCCCC1)C=C2. The molecule has 0 radical (unpaired) electrons. The molecule has 0 saturated carbocycles. The van der Waals surface area contributed by atoms with Gasteiger partial charge in [0.15, 0.2) is 0 Å². The summed E-state index contributed by atoms with van der Waals surface area (Å²) in [5.41, 5.74) is 3.65. The minimum Gasteiger partial charge on any atom is -0.478 e. The van der Waals surface area contributed by atoms with Crippen LogP contribution in [0, 0.1) is 6.92 Å². The van der Waals surface area contributed by atoms with Crippen molar-refractivity contribution in [2.75, 3.05) is 0 Å². The highest BCUT2D eigenvalue weighted by Gasteiger charge is 2.31. The van der Waals surface area contributed by atoms with E-state index in [2.05, 4.69) is 50.3 Å². The summed E-state index contributed by atoms with van der Waals surface area (Å²) in [7, 11) is 0. The van der Waals surface area contributed by atoms with E-state index >= 15 is 0 Å². The molecule has 0 spiro atoms. The minimum absolute atomic E-state index is 0.235. The zero-order valence-electron chi connectivity index (χ0n) is 11.2. The fraction of sp³-hybridized carbons (Fsp3) is 0.412. The Hall–Kier alpha value is -1.50. The highest BCUT2D eigenvalue weighted by Crippen LogP contribution is 2.38. The van der Waals surface area contributed by atoms with Crippen molar-refractivity contribution in [3.8, 4) is 5.75 Å². The van der Waals surface area contributed by atoms with Crippen LogP contribution in [0.4, 0.5) is 0 Å². The first-order chi connectivity index (χ1) is 8.67. The van der Waals surface area contributed by atoms with Gasteiger partial charge >= 0.3 is 0 Å². The second kappa shape index (κ2) is 4.31. The smallest absolute Gasteiger partial charge is 0.146 e. The van der Waals surface area contributed by atoms with Crippen LogP contribution in [0.2, 0.25) is 0 Å². The molecule has 0 bridgehead atoms. The monoisotopic (exact) mass is 240 g/mol. The van der Waals surface area contributed by atoms with Gasteiger partial charge in [0, 0.05) is 5.56 Å². The Morgan fingerprint density at radius 2 is 2.11 bits per heavy atom. The van der Waals surface area contributed by atoms with E-state index in [1.807, 2.05) is 0 Å². The molecular weight excluding hydrogens is 220 g/mol. The summed E-state index contributed by atoms with van der Waals surface area (Å²) in [5, 5.41) is 0. The normalized spacial score (nSPS) is 26.2. The van der Waals surface area contributed by atoms with Crippen LogP contribution in [0.25, 0.3) is 6.08 Å². The molecule has 94 valence electrons. The number of allylic oxidation sites excluding steroid dienone is 1. The van der Waals surface area contributed by atoms with Gasteiger partial charge in [0.1, 0.15) is 11.4 Å². The van der Waals surface area contributed by atoms with E-state index in [0.717, 1.165) is 5.75 Å². The average Bonchev–Trinajstić information content (AvgIpc) is 2.39. The molecule has 0 fully saturated rings. The lowest BCUT2D eigenvalue weighted by atomic mass is 9.84. The Bertz CT molecular complexity index is 524. The molecule has 1 nitrogen and oxygen atoms in total. The lowest BCUT2D eigenvalue weighted by molar-refractivity contribution is 0.169. The largest absolute Gasteiger partial charge is 0.478 e. The molecule has 1 heteroatoms. The zero-order chi connectivity index (χ0) is 12.6. The van der Waals surface area contributed by atoms with Gasteiger partial charge in [-0.3, -0.25) is 0 Å². The number of aryl methyl sites for hydroxylation is 1. The van der Waals surface area contributed by atoms with Gasteiger partial charge in [-0.15, -0.1) is 0 Å². The number of fused-ring (bicyclic) bond motifs is 1. The van der Waals surface area contributed by atoms with Gasteiger partial charge in [0.05, 0.1) is 0 Å². The number of benzene rings is 1. The predicted octanol–water partition coefficient (Wildman–Crippen LogP) is 4.66. The molecular formula is C17H20O. The Labute approximate surface area is 109 Å². The zero-order valence-corrected chi connectivity index (χ0v) is 11.2. The molecule has 0 N–H and O–H groups in total. The fourth-order valence-corrected chi connectivity index (χ4v) is 2.84. The van der Waals surface area contributed by atoms with Crippen LogP contribution < -0.4 is 4.74 Å². The van der Waals surface area contributed by atoms with Crippen LogP contribution in [0.3, 0.4) is 0 Å². The minimum atomic E-state index is -0.235. The molecule has 0 amide bonds. The van der Waals surface area contributed by atoms with Crippen LogP contribution in [0.1, 0.15) is 43.7 Å². The summed E-state index contributed by atoms with van der Waals surface area (Å²) >= 11 is 0. The van der Waals surface area contributed by atoms with Gasteiger partial charge in [0.25, 0.3) is 0 Å². The Kier molecular flexibility index (Phi) is 2.77. The Morgan fingerprint density at radius 3 is 2.89 bits per heavy atom. The molecule has 3 rings (SSSR count). The molecule has 0 aromatic heterocycles. The van der Waals surface area contributed by atoms with Gasteiger partial charge in [-0.05, 0) is 62.8 Å². The van der Waals surface area contributed by atoms with E-state index in [-0.39, 0.29) is 5.60 Å². The second-order valence-corrected chi connectivity index (χ2v) is 5.56. The summed E-state index contributed by atoms with van der Waals surface area (Å²) in [6.45, 7) is 4.30. The van der Waals surface area contributed by atoms with Gasteiger partial charge in [-0.1, -0.05) is 24.3 Å². The number of hydrogen-bond acceptors (Lipinski definition) is 1. The molecule has 1 aromatic carbocycles. The number of ether oxygens (including phenoxy) is 1. The van der Waals surface area contributed by atoms with Crippen molar-refractivity contribution in [3.05, 3.63) is 47.1 Å². The van der Waals surface area contributed by atoms with Gasteiger partial charge < -0.3 is 4.74 Å². The van der Waals surface area contributed by atoms with Crippen LogP contribution in [-0.2, 0) is 0 Å². The van der Waals surface area contributed by atoms with E-state index in [4.69, 9.17) is 4.74 Å². The Balaban J connectivity index is 1.96. The van der Waals surface area contributed by atoms with E-state index < -0.39 is 0 Å². The van der Waals surface area contributed by atoms with Crippen LogP contribution in [0.5, 0.6) is 5.75 Å². The Morgan fingerprint density at radius 1 is 1.22 bits per heavy atom. The van der Waals surface area contributed by atoms with E-state index in [1.54, 1.807) is 0 Å². The quantitative estimate of drug-likeness (QED) is 0.649. The van der Waals surface area contributed by atoms with E-state index in [0.29, 0.717) is 0 Å². The number of rotatable bonds is 1. The van der Waals surface area contributed by atoms with Crippen molar-refractivity contribution in [1.82, 2.24) is 0 Å². The maximum absolute atomic E-state index is 6.28. The van der Waals surface area contributed by atoms with Crippen LogP contribution >= 0.6 is 0 Å². The van der Waals surface area contributed by atoms with Crippen molar-refractivity contribution >= 4 is 6.08 Å². The van der Waals surface area contributed by atoms with E-state index in [1.165, 1.54) is 42.4 Å². The van der Waals surface area contributed by atoms with Gasteiger partial charge in [-0.2, -0.15) is 0 Å². The average molecular weight is 240 g/mol. The molecule has 18 heavy (non-hydrogen) atoms. The van der Waals surface area contributed by atoms with Gasteiger partial charge in [0.2, 0.25) is 0 Å². The molecule has 1 aliphatic carbocycles. The summed E-state index contributed by atoms with van der Waals surface area (Å²) in [6, 6.07) is 6.41. The highest BCUT2D eigenvalue weighted by molar-refractivity contribution is 5.63.